The maximum absolute atomic E-state index is 12.1. The molecule has 1 aromatic carbocycles. The summed E-state index contributed by atoms with van der Waals surface area (Å²) in [4.78, 5) is 15.3. The van der Waals surface area contributed by atoms with Gasteiger partial charge >= 0.3 is 18.8 Å². The normalized spacial score (nSPS) is 18.2. The van der Waals surface area contributed by atoms with Gasteiger partial charge in [-0.15, -0.1) is 0 Å². The Morgan fingerprint density at radius 2 is 1.83 bits per heavy atom. The lowest BCUT2D eigenvalue weighted by molar-refractivity contribution is -0.139. The van der Waals surface area contributed by atoms with Crippen LogP contribution < -0.4 is 5.46 Å². The monoisotopic (exact) mass is 330 g/mol. The van der Waals surface area contributed by atoms with Crippen molar-refractivity contribution in [2.24, 2.45) is 0 Å². The molecule has 7 heteroatoms. The molecule has 1 heterocycles. The third-order valence-electron chi connectivity index (χ3n) is 4.54. The maximum atomic E-state index is 12.1. The number of carbonyl (C=O) groups excluding carboxylic acids is 1. The smallest absolute Gasteiger partial charge is 0.457 e. The van der Waals surface area contributed by atoms with Crippen molar-refractivity contribution in [1.29, 1.82) is 0 Å². The van der Waals surface area contributed by atoms with Gasteiger partial charge in [-0.05, 0) is 53.1 Å². The van der Waals surface area contributed by atoms with Gasteiger partial charge in [-0.1, -0.05) is 17.7 Å². The molecular formula is C17H23BN2O4. The first-order valence-corrected chi connectivity index (χ1v) is 7.98. The highest BCUT2D eigenvalue weighted by Gasteiger charge is 2.53. The molecule has 0 unspecified atom stereocenters. The van der Waals surface area contributed by atoms with Gasteiger partial charge in [0.25, 0.3) is 0 Å². The number of nitrogens with zero attached hydrogens (tertiary/aromatic N) is 2. The minimum absolute atomic E-state index is 0.162. The molecule has 6 nitrogen and oxygen atoms in total. The maximum Gasteiger partial charge on any atom is 0.495 e. The van der Waals surface area contributed by atoms with Gasteiger partial charge < -0.3 is 19.6 Å². The molecule has 1 fully saturated rings. The van der Waals surface area contributed by atoms with Crippen molar-refractivity contribution in [3.8, 4) is 0 Å². The zero-order valence-corrected chi connectivity index (χ0v) is 15.0. The zero-order chi connectivity index (χ0) is 18.1. The fraction of sp³-hybridized carbons (Fsp3) is 0.529. The molecule has 0 aliphatic carbocycles. The predicted molar refractivity (Wildman–Crippen MR) is 91.3 cm³/mol. The van der Waals surface area contributed by atoms with Crippen LogP contribution in [-0.2, 0) is 18.8 Å². The number of esters is 1. The van der Waals surface area contributed by atoms with Crippen molar-refractivity contribution in [2.75, 3.05) is 6.61 Å². The van der Waals surface area contributed by atoms with Crippen molar-refractivity contribution in [1.82, 2.24) is 0 Å². The second-order valence-electron chi connectivity index (χ2n) is 6.85. The van der Waals surface area contributed by atoms with E-state index in [2.05, 4.69) is 4.79 Å². The Balaban J connectivity index is 2.50. The molecule has 1 saturated heterocycles. The third-order valence-corrected chi connectivity index (χ3v) is 4.54. The second kappa shape index (κ2) is 6.51. The number of rotatable bonds is 4. The molecule has 1 aliphatic rings. The Labute approximate surface area is 142 Å². The first-order chi connectivity index (χ1) is 11.1. The number of aryl methyl sites for hydroxylation is 1. The summed E-state index contributed by atoms with van der Waals surface area (Å²) in [5.41, 5.74) is 10.1. The van der Waals surface area contributed by atoms with E-state index < -0.39 is 24.3 Å². The summed E-state index contributed by atoms with van der Waals surface area (Å²) in [5.74, 6) is -0.691. The Hall–Kier alpha value is -1.95. The van der Waals surface area contributed by atoms with E-state index in [0.717, 1.165) is 5.56 Å². The van der Waals surface area contributed by atoms with Crippen LogP contribution in [0.1, 0.15) is 45.7 Å². The highest BCUT2D eigenvalue weighted by atomic mass is 16.7. The molecule has 24 heavy (non-hydrogen) atoms. The van der Waals surface area contributed by atoms with Crippen LogP contribution in [0, 0.1) is 6.92 Å². The van der Waals surface area contributed by atoms with Gasteiger partial charge in [0.2, 0.25) is 0 Å². The van der Waals surface area contributed by atoms with Crippen LogP contribution in [0.3, 0.4) is 0 Å². The summed E-state index contributed by atoms with van der Waals surface area (Å²) in [6.07, 6.45) is 0. The molecule has 0 atom stereocenters. The fourth-order valence-electron chi connectivity index (χ4n) is 2.45. The van der Waals surface area contributed by atoms with Gasteiger partial charge in [0.05, 0.1) is 23.4 Å². The van der Waals surface area contributed by atoms with E-state index in [1.54, 1.807) is 13.0 Å². The topological polar surface area (TPSA) is 81.2 Å². The summed E-state index contributed by atoms with van der Waals surface area (Å²) < 4.78 is 17.1. The summed E-state index contributed by atoms with van der Waals surface area (Å²) in [6.45, 7) is 11.6. The summed E-state index contributed by atoms with van der Waals surface area (Å²) in [5, 5.41) is 0. The van der Waals surface area contributed by atoms with Crippen LogP contribution in [0.25, 0.3) is 5.53 Å². The minimum Gasteiger partial charge on any atom is -0.457 e. The molecule has 2 rings (SSSR count). The van der Waals surface area contributed by atoms with Gasteiger partial charge in [0, 0.05) is 0 Å². The molecular weight excluding hydrogens is 307 g/mol. The Morgan fingerprint density at radius 1 is 1.25 bits per heavy atom. The lowest BCUT2D eigenvalue weighted by atomic mass is 9.74. The molecule has 1 aliphatic heterocycles. The number of hydrogen-bond donors (Lipinski definition) is 0. The largest absolute Gasteiger partial charge is 0.495 e. The van der Waals surface area contributed by atoms with Gasteiger partial charge in [-0.25, -0.2) is 4.79 Å². The molecule has 0 saturated carbocycles. The van der Waals surface area contributed by atoms with Gasteiger partial charge in [-0.2, -0.15) is 4.79 Å². The zero-order valence-electron chi connectivity index (χ0n) is 15.0. The van der Waals surface area contributed by atoms with Gasteiger partial charge in [-0.3, -0.25) is 0 Å². The Morgan fingerprint density at radius 3 is 2.33 bits per heavy atom. The van der Waals surface area contributed by atoms with Crippen molar-refractivity contribution < 1.29 is 23.6 Å². The van der Waals surface area contributed by atoms with E-state index >= 15 is 0 Å². The molecule has 128 valence electrons. The van der Waals surface area contributed by atoms with Gasteiger partial charge in [0.15, 0.2) is 0 Å². The minimum atomic E-state index is -0.691. The van der Waals surface area contributed by atoms with Crippen LogP contribution >= 0.6 is 0 Å². The van der Waals surface area contributed by atoms with E-state index in [-0.39, 0.29) is 12.3 Å². The number of carbonyl (C=O) groups is 1. The van der Waals surface area contributed by atoms with Crippen LogP contribution in [0.2, 0.25) is 0 Å². The Bertz CT molecular complexity index is 693. The molecule has 0 spiro atoms. The van der Waals surface area contributed by atoms with Crippen molar-refractivity contribution >= 4 is 24.3 Å². The predicted octanol–water partition coefficient (Wildman–Crippen LogP) is 1.88. The first kappa shape index (κ1) is 18.4. The molecule has 1 aromatic rings. The highest BCUT2D eigenvalue weighted by Crippen LogP contribution is 2.36. The standard InChI is InChI=1S/C17H23BN2O4/c1-7-22-15(21)14(20-19)12-10-11(2)8-9-13(12)18-23-16(3,4)17(5,6)24-18/h8-10H,7H2,1-6H3. The van der Waals surface area contributed by atoms with Crippen LogP contribution in [0.15, 0.2) is 18.2 Å². The number of benzene rings is 1. The van der Waals surface area contributed by atoms with E-state index in [0.29, 0.717) is 11.0 Å². The molecule has 0 radical (unpaired) electrons. The SMILES string of the molecule is CCOC(=O)C(=[N+]=[N-])c1cc(C)ccc1B1OC(C)(C)C(C)(C)O1. The molecule has 0 bridgehead atoms. The van der Waals surface area contributed by atoms with Crippen LogP contribution in [0.4, 0.5) is 0 Å². The summed E-state index contributed by atoms with van der Waals surface area (Å²) >= 11 is 0. The van der Waals surface area contributed by atoms with E-state index in [4.69, 9.17) is 14.0 Å². The van der Waals surface area contributed by atoms with Crippen molar-refractivity contribution in [3.05, 3.63) is 34.9 Å². The van der Waals surface area contributed by atoms with Crippen molar-refractivity contribution in [3.63, 3.8) is 0 Å². The van der Waals surface area contributed by atoms with Crippen molar-refractivity contribution in [2.45, 2.75) is 52.7 Å². The van der Waals surface area contributed by atoms with Gasteiger partial charge in [0.1, 0.15) is 0 Å². The summed E-state index contributed by atoms with van der Waals surface area (Å²) in [6, 6.07) is 5.47. The Kier molecular flexibility index (Phi) is 4.99. The average molecular weight is 330 g/mol. The summed E-state index contributed by atoms with van der Waals surface area (Å²) in [7, 11) is -0.670. The lowest BCUT2D eigenvalue weighted by Crippen LogP contribution is -2.41. The number of ether oxygens (including phenoxy) is 1. The van der Waals surface area contributed by atoms with Crippen LogP contribution in [0.5, 0.6) is 0 Å². The average Bonchev–Trinajstić information content (AvgIpc) is 2.68. The third kappa shape index (κ3) is 3.29. The fourth-order valence-corrected chi connectivity index (χ4v) is 2.45. The second-order valence-corrected chi connectivity index (χ2v) is 6.85. The molecule has 0 aromatic heterocycles. The molecule has 0 N–H and O–H groups in total. The quantitative estimate of drug-likeness (QED) is 0.277. The van der Waals surface area contributed by atoms with Crippen LogP contribution in [-0.4, -0.2) is 41.4 Å². The van der Waals surface area contributed by atoms with E-state index in [1.165, 1.54) is 0 Å². The van der Waals surface area contributed by atoms with E-state index in [9.17, 15) is 10.3 Å². The highest BCUT2D eigenvalue weighted by molar-refractivity contribution is 6.65. The first-order valence-electron chi connectivity index (χ1n) is 7.98. The lowest BCUT2D eigenvalue weighted by Gasteiger charge is -2.32. The number of hydrogen-bond acceptors (Lipinski definition) is 4. The molecule has 0 amide bonds. The van der Waals surface area contributed by atoms with E-state index in [1.807, 2.05) is 46.8 Å².